The van der Waals surface area contributed by atoms with Crippen molar-refractivity contribution >= 4 is 0 Å². The molecule has 60 heavy (non-hydrogen) atoms. The van der Waals surface area contributed by atoms with E-state index in [4.69, 9.17) is 0 Å². The minimum absolute atomic E-state index is 0.0665. The maximum absolute atomic E-state index is 12.3. The van der Waals surface area contributed by atoms with Crippen molar-refractivity contribution in [1.82, 2.24) is 0 Å². The molecular weight excluding hydrogens is 745 g/mol. The lowest BCUT2D eigenvalue weighted by Crippen LogP contribution is -2.56. The Morgan fingerprint density at radius 2 is 0.667 bits per heavy atom. The molecule has 4 aliphatic rings. The van der Waals surface area contributed by atoms with Crippen LogP contribution in [0.2, 0.25) is 0 Å². The average Bonchev–Trinajstić information content (AvgIpc) is 3.21. The van der Waals surface area contributed by atoms with Gasteiger partial charge in [-0.05, 0) is 166 Å². The van der Waals surface area contributed by atoms with Gasteiger partial charge in [0.25, 0.3) is 0 Å². The van der Waals surface area contributed by atoms with Crippen molar-refractivity contribution in [1.29, 1.82) is 0 Å². The molecule has 4 bridgehead atoms. The van der Waals surface area contributed by atoms with E-state index in [1.807, 2.05) is 48.5 Å². The maximum atomic E-state index is 12.3. The smallest absolute Gasteiger partial charge is 0.123 e. The van der Waals surface area contributed by atoms with Gasteiger partial charge in [0.15, 0.2) is 0 Å². The molecule has 0 spiro atoms. The molecule has 4 fully saturated rings. The third kappa shape index (κ3) is 6.94. The van der Waals surface area contributed by atoms with E-state index in [1.165, 1.54) is 17.5 Å². The number of hydrogen-bond acceptors (Lipinski definition) is 6. The van der Waals surface area contributed by atoms with E-state index >= 15 is 0 Å². The average molecular weight is 801 g/mol. The molecule has 0 saturated heterocycles. The van der Waals surface area contributed by atoms with Gasteiger partial charge in [0.2, 0.25) is 0 Å². The van der Waals surface area contributed by atoms with E-state index in [0.717, 1.165) is 76.6 Å². The van der Waals surface area contributed by atoms with Crippen LogP contribution in [0.15, 0.2) is 121 Å². The summed E-state index contributed by atoms with van der Waals surface area (Å²) in [4.78, 5) is 0. The van der Waals surface area contributed by atoms with Gasteiger partial charge in [0, 0.05) is 23.0 Å². The van der Waals surface area contributed by atoms with Crippen molar-refractivity contribution in [2.45, 2.75) is 101 Å². The molecule has 0 aromatic heterocycles. The summed E-state index contributed by atoms with van der Waals surface area (Å²) in [6.45, 7) is 8.57. The number of phenolic OH excluding ortho intramolecular Hbond substituents is 6. The van der Waals surface area contributed by atoms with Crippen LogP contribution in [-0.4, -0.2) is 30.6 Å². The predicted octanol–water partition coefficient (Wildman–Crippen LogP) is 12.3. The van der Waals surface area contributed by atoms with Gasteiger partial charge in [-0.1, -0.05) is 100 Å². The Morgan fingerprint density at radius 1 is 0.400 bits per heavy atom. The Morgan fingerprint density at radius 3 is 0.933 bits per heavy atom. The highest BCUT2D eigenvalue weighted by Gasteiger charge is 2.59. The topological polar surface area (TPSA) is 121 Å². The second kappa shape index (κ2) is 15.0. The van der Waals surface area contributed by atoms with Gasteiger partial charge in [-0.15, -0.1) is 0 Å². The summed E-state index contributed by atoms with van der Waals surface area (Å²) in [7, 11) is 0. The molecule has 0 amide bonds. The predicted molar refractivity (Wildman–Crippen MR) is 237 cm³/mol. The number of phenols is 6. The number of rotatable bonds is 10. The van der Waals surface area contributed by atoms with Gasteiger partial charge in [0.05, 0.1) is 0 Å². The Balaban J connectivity index is 1.21. The minimum atomic E-state index is -0.337. The molecule has 10 rings (SSSR count). The van der Waals surface area contributed by atoms with Crippen molar-refractivity contribution in [3.63, 3.8) is 0 Å². The lowest BCUT2D eigenvalue weighted by molar-refractivity contribution is -0.0282. The van der Waals surface area contributed by atoms with Gasteiger partial charge in [-0.3, -0.25) is 0 Å². The Labute approximate surface area is 353 Å². The largest absolute Gasteiger partial charge is 0.508 e. The first-order valence-corrected chi connectivity index (χ1v) is 21.6. The zero-order valence-electron chi connectivity index (χ0n) is 34.9. The fourth-order valence-corrected chi connectivity index (χ4v) is 12.0. The van der Waals surface area contributed by atoms with Crippen LogP contribution in [0.4, 0.5) is 0 Å². The van der Waals surface area contributed by atoms with Crippen molar-refractivity contribution < 1.29 is 30.6 Å². The summed E-state index contributed by atoms with van der Waals surface area (Å²) in [6.07, 6.45) is 6.51. The monoisotopic (exact) mass is 800 g/mol. The first kappa shape index (κ1) is 39.6. The summed E-state index contributed by atoms with van der Waals surface area (Å²) in [5.74, 6) is 1.81. The van der Waals surface area contributed by atoms with Crippen molar-refractivity contribution in [2.24, 2.45) is 11.8 Å². The molecule has 6 heteroatoms. The van der Waals surface area contributed by atoms with E-state index in [2.05, 4.69) is 52.0 Å². The molecule has 0 aliphatic heterocycles. The van der Waals surface area contributed by atoms with Crippen LogP contribution >= 0.6 is 0 Å². The molecule has 308 valence electrons. The van der Waals surface area contributed by atoms with Crippen LogP contribution in [0.5, 0.6) is 34.5 Å². The van der Waals surface area contributed by atoms with Gasteiger partial charge in [-0.2, -0.15) is 0 Å². The third-order valence-electron chi connectivity index (χ3n) is 14.4. The second-order valence-corrected chi connectivity index (χ2v) is 19.1. The highest BCUT2D eigenvalue weighted by Crippen LogP contribution is 2.67. The highest BCUT2D eigenvalue weighted by atomic mass is 16.3. The van der Waals surface area contributed by atoms with E-state index < -0.39 is 0 Å². The minimum Gasteiger partial charge on any atom is -0.508 e. The summed E-state index contributed by atoms with van der Waals surface area (Å²) in [5.41, 5.74) is 9.56. The Hall–Kier alpha value is -5.88. The lowest BCUT2D eigenvalue weighted by Gasteiger charge is -2.63. The molecule has 4 aliphatic carbocycles. The molecule has 0 radical (unpaired) electrons. The summed E-state index contributed by atoms with van der Waals surface area (Å²) < 4.78 is 0. The van der Waals surface area contributed by atoms with E-state index in [-0.39, 0.29) is 57.5 Å². The van der Waals surface area contributed by atoms with Crippen LogP contribution in [0.3, 0.4) is 0 Å². The van der Waals surface area contributed by atoms with Crippen LogP contribution in [0.1, 0.15) is 146 Å². The molecule has 4 saturated carbocycles. The van der Waals surface area contributed by atoms with Gasteiger partial charge in [0.1, 0.15) is 34.5 Å². The molecule has 0 atom stereocenters. The fourth-order valence-electron chi connectivity index (χ4n) is 12.0. The van der Waals surface area contributed by atoms with E-state index in [1.54, 1.807) is 48.5 Å². The van der Waals surface area contributed by atoms with Crippen molar-refractivity contribution in [3.8, 4) is 34.5 Å². The second-order valence-electron chi connectivity index (χ2n) is 19.1. The van der Waals surface area contributed by atoms with Gasteiger partial charge >= 0.3 is 0 Å². The van der Waals surface area contributed by atoms with Crippen LogP contribution in [0.25, 0.3) is 0 Å². The van der Waals surface area contributed by atoms with E-state index in [0.29, 0.717) is 23.3 Å². The zero-order chi connectivity index (χ0) is 42.1. The van der Waals surface area contributed by atoms with Crippen LogP contribution in [0, 0.1) is 11.8 Å². The lowest BCUT2D eigenvalue weighted by atomic mass is 9.41. The normalized spacial score (nSPS) is 22.1. The Bertz CT molecular complexity index is 2240. The Kier molecular flexibility index (Phi) is 9.89. The summed E-state index contributed by atoms with van der Waals surface area (Å²) in [6, 6.07) is 38.1. The first-order valence-electron chi connectivity index (χ1n) is 21.6. The molecule has 0 unspecified atom stereocenters. The quantitative estimate of drug-likeness (QED) is 0.0768. The third-order valence-corrected chi connectivity index (χ3v) is 14.4. The molecule has 6 N–H and O–H groups in total. The summed E-state index contributed by atoms with van der Waals surface area (Å²) in [5, 5.41) is 65.6. The molecule has 6 nitrogen and oxygen atoms in total. The van der Waals surface area contributed by atoms with Crippen molar-refractivity contribution in [2.75, 3.05) is 0 Å². The number of aromatic hydroxyl groups is 6. The maximum Gasteiger partial charge on any atom is 0.123 e. The molecule has 0 heterocycles. The van der Waals surface area contributed by atoms with Crippen LogP contribution < -0.4 is 0 Å². The first-order chi connectivity index (χ1) is 28.7. The molecule has 6 aromatic rings. The molecular formula is C54H56O6. The SMILES string of the molecule is CC(C)c1cc(C23CC4CC(C2)CC(c2cc(C(C)C)c(O)c(C(c5ccc(O)cc5)c5ccc(O)cc5)c2)(C4)C3)cc(C(c2ccc(O)cc2)c2ccc(O)cc2)c1O. The van der Waals surface area contributed by atoms with E-state index in [9.17, 15) is 30.6 Å². The van der Waals surface area contributed by atoms with Crippen LogP contribution in [-0.2, 0) is 10.8 Å². The number of benzene rings is 6. The standard InChI is InChI=1S/C54H56O6/c1-31(2)45-22-39(24-47(51(45)59)49(35-5-13-41(55)14-6-35)36-7-15-42(56)16-8-36)53-26-33-21-34(27-53)29-54(28-33,30-53)40-23-46(32(3)4)52(60)48(25-40)50(37-9-17-43(57)18-10-37)38-11-19-44(58)20-12-38/h5-20,22-25,31-34,49-50,55-60H,21,26-30H2,1-4H3. The highest BCUT2D eigenvalue weighted by molar-refractivity contribution is 5.59. The van der Waals surface area contributed by atoms with Gasteiger partial charge < -0.3 is 30.6 Å². The van der Waals surface area contributed by atoms with Gasteiger partial charge in [-0.25, -0.2) is 0 Å². The number of hydrogen-bond donors (Lipinski definition) is 6. The summed E-state index contributed by atoms with van der Waals surface area (Å²) >= 11 is 0. The fraction of sp³-hybridized carbons (Fsp3) is 0.333. The molecule has 6 aromatic carbocycles. The van der Waals surface area contributed by atoms with Crippen molar-refractivity contribution in [3.05, 3.63) is 177 Å². The zero-order valence-corrected chi connectivity index (χ0v) is 34.9.